The average molecular weight is 302 g/mol. The van der Waals surface area contributed by atoms with E-state index in [2.05, 4.69) is 5.32 Å². The van der Waals surface area contributed by atoms with Gasteiger partial charge in [-0.15, -0.1) is 0 Å². The number of amides is 1. The van der Waals surface area contributed by atoms with E-state index in [9.17, 15) is 14.9 Å². The highest BCUT2D eigenvalue weighted by atomic mass is 16.6. The van der Waals surface area contributed by atoms with E-state index < -0.39 is 11.0 Å². The van der Waals surface area contributed by atoms with Crippen LogP contribution in [0.1, 0.15) is 0 Å². The summed E-state index contributed by atoms with van der Waals surface area (Å²) in [6, 6.07) is 14.9. The molecule has 0 unspecified atom stereocenters. The first-order valence-corrected chi connectivity index (χ1v) is 6.52. The number of ether oxygens (including phenoxy) is 2. The number of rotatable bonds is 6. The fourth-order valence-corrected chi connectivity index (χ4v) is 1.70. The van der Waals surface area contributed by atoms with E-state index >= 15 is 0 Å². The lowest BCUT2D eigenvalue weighted by atomic mass is 10.3. The van der Waals surface area contributed by atoms with Gasteiger partial charge in [0.05, 0.1) is 4.92 Å². The number of anilines is 1. The maximum absolute atomic E-state index is 11.6. The van der Waals surface area contributed by atoms with Crippen LogP contribution in [0.2, 0.25) is 0 Å². The third kappa shape index (κ3) is 4.48. The van der Waals surface area contributed by atoms with Gasteiger partial charge in [0.15, 0.2) is 0 Å². The van der Waals surface area contributed by atoms with Crippen LogP contribution in [0.4, 0.5) is 16.2 Å². The van der Waals surface area contributed by atoms with Gasteiger partial charge in [-0.25, -0.2) is 4.79 Å². The van der Waals surface area contributed by atoms with Crippen molar-refractivity contribution in [1.29, 1.82) is 0 Å². The minimum absolute atomic E-state index is 0.0291. The quantitative estimate of drug-likeness (QED) is 0.502. The van der Waals surface area contributed by atoms with Crippen LogP contribution < -0.4 is 10.1 Å². The van der Waals surface area contributed by atoms with Crippen LogP contribution in [0.3, 0.4) is 0 Å². The molecule has 0 aliphatic rings. The number of nitrogens with one attached hydrogen (secondary N) is 1. The molecule has 0 saturated heterocycles. The van der Waals surface area contributed by atoms with Crippen LogP contribution in [0.5, 0.6) is 5.75 Å². The number of hydrogen-bond donors (Lipinski definition) is 1. The van der Waals surface area contributed by atoms with Gasteiger partial charge in [0.2, 0.25) is 0 Å². The van der Waals surface area contributed by atoms with E-state index in [1.54, 1.807) is 18.2 Å². The fourth-order valence-electron chi connectivity index (χ4n) is 1.70. The number of nitrogens with zero attached hydrogens (tertiary/aromatic N) is 1. The van der Waals surface area contributed by atoms with Crippen molar-refractivity contribution in [3.05, 3.63) is 64.7 Å². The summed E-state index contributed by atoms with van der Waals surface area (Å²) in [6.45, 7) is 0.218. The molecule has 0 spiro atoms. The van der Waals surface area contributed by atoms with Crippen molar-refractivity contribution >= 4 is 17.5 Å². The maximum Gasteiger partial charge on any atom is 0.411 e. The Labute approximate surface area is 126 Å². The van der Waals surface area contributed by atoms with Gasteiger partial charge in [0.25, 0.3) is 5.69 Å². The predicted molar refractivity (Wildman–Crippen MR) is 80.0 cm³/mol. The average Bonchev–Trinajstić information content (AvgIpc) is 2.53. The van der Waals surface area contributed by atoms with Gasteiger partial charge >= 0.3 is 6.09 Å². The maximum atomic E-state index is 11.6. The Morgan fingerprint density at radius 1 is 1.05 bits per heavy atom. The van der Waals surface area contributed by atoms with Gasteiger partial charge in [-0.2, -0.15) is 0 Å². The number of hydrogen-bond acceptors (Lipinski definition) is 5. The first kappa shape index (κ1) is 15.3. The van der Waals surface area contributed by atoms with Crippen molar-refractivity contribution in [3.63, 3.8) is 0 Å². The minimum Gasteiger partial charge on any atom is -0.490 e. The molecule has 0 bridgehead atoms. The summed E-state index contributed by atoms with van der Waals surface area (Å²) in [4.78, 5) is 21.8. The summed E-state index contributed by atoms with van der Waals surface area (Å²) >= 11 is 0. The van der Waals surface area contributed by atoms with Gasteiger partial charge in [-0.3, -0.25) is 15.4 Å². The van der Waals surface area contributed by atoms with E-state index in [0.29, 0.717) is 5.75 Å². The van der Waals surface area contributed by atoms with Gasteiger partial charge in [0, 0.05) is 6.07 Å². The van der Waals surface area contributed by atoms with Crippen LogP contribution in [0.25, 0.3) is 0 Å². The molecular formula is C15H14N2O5. The Kier molecular flexibility index (Phi) is 5.31. The van der Waals surface area contributed by atoms with Crippen LogP contribution in [-0.2, 0) is 4.74 Å². The molecule has 0 atom stereocenters. The summed E-state index contributed by atoms with van der Waals surface area (Å²) in [5.41, 5.74) is -0.110. The van der Waals surface area contributed by atoms with E-state index in [0.717, 1.165) is 0 Å². The van der Waals surface area contributed by atoms with E-state index in [4.69, 9.17) is 9.47 Å². The standard InChI is InChI=1S/C15H14N2O5/c18-15(16-13-8-4-5-9-14(13)17(19)20)22-11-10-21-12-6-2-1-3-7-12/h1-9H,10-11H2,(H,16,18). The van der Waals surface area contributed by atoms with Gasteiger partial charge < -0.3 is 9.47 Å². The first-order chi connectivity index (χ1) is 10.7. The normalized spacial score (nSPS) is 9.82. The second kappa shape index (κ2) is 7.63. The second-order valence-electron chi connectivity index (χ2n) is 4.20. The monoisotopic (exact) mass is 302 g/mol. The van der Waals surface area contributed by atoms with Crippen molar-refractivity contribution in [1.82, 2.24) is 0 Å². The largest absolute Gasteiger partial charge is 0.490 e. The molecule has 2 aromatic carbocycles. The molecule has 7 nitrogen and oxygen atoms in total. The predicted octanol–water partition coefficient (Wildman–Crippen LogP) is 3.22. The zero-order chi connectivity index (χ0) is 15.8. The number of carbonyl (C=O) groups excluding carboxylic acids is 1. The summed E-state index contributed by atoms with van der Waals surface area (Å²) in [6.07, 6.45) is -0.772. The van der Waals surface area contributed by atoms with Gasteiger partial charge in [0.1, 0.15) is 24.7 Å². The molecule has 0 radical (unpaired) electrons. The van der Waals surface area contributed by atoms with Crippen molar-refractivity contribution in [2.45, 2.75) is 0 Å². The molecule has 7 heteroatoms. The smallest absolute Gasteiger partial charge is 0.411 e. The first-order valence-electron chi connectivity index (χ1n) is 6.52. The fraction of sp³-hybridized carbons (Fsp3) is 0.133. The van der Waals surface area contributed by atoms with Crippen LogP contribution in [-0.4, -0.2) is 24.2 Å². The molecule has 1 N–H and O–H groups in total. The Morgan fingerprint density at radius 3 is 2.45 bits per heavy atom. The molecule has 2 aromatic rings. The molecule has 2 rings (SSSR count). The molecule has 0 saturated carbocycles. The minimum atomic E-state index is -0.772. The number of para-hydroxylation sites is 3. The molecule has 0 fully saturated rings. The molecule has 1 amide bonds. The SMILES string of the molecule is O=C(Nc1ccccc1[N+](=O)[O-])OCCOc1ccccc1. The van der Waals surface area contributed by atoms with Crippen molar-refractivity contribution in [2.75, 3.05) is 18.5 Å². The Hall–Kier alpha value is -3.09. The zero-order valence-corrected chi connectivity index (χ0v) is 11.6. The van der Waals surface area contributed by atoms with Crippen LogP contribution >= 0.6 is 0 Å². The molecule has 0 aliphatic heterocycles. The molecule has 114 valence electrons. The highest BCUT2D eigenvalue weighted by molar-refractivity contribution is 5.87. The summed E-state index contributed by atoms with van der Waals surface area (Å²) in [5, 5.41) is 13.1. The van der Waals surface area contributed by atoms with Gasteiger partial charge in [-0.05, 0) is 18.2 Å². The Bertz CT molecular complexity index is 645. The van der Waals surface area contributed by atoms with Gasteiger partial charge in [-0.1, -0.05) is 30.3 Å². The highest BCUT2D eigenvalue weighted by Gasteiger charge is 2.15. The molecule has 0 aromatic heterocycles. The highest BCUT2D eigenvalue weighted by Crippen LogP contribution is 2.23. The summed E-state index contributed by atoms with van der Waals surface area (Å²) in [5.74, 6) is 0.671. The number of nitro benzene ring substituents is 1. The molecule has 0 aliphatic carbocycles. The topological polar surface area (TPSA) is 90.7 Å². The molecule has 0 heterocycles. The van der Waals surface area contributed by atoms with E-state index in [1.165, 1.54) is 18.2 Å². The van der Waals surface area contributed by atoms with E-state index in [1.807, 2.05) is 18.2 Å². The van der Waals surface area contributed by atoms with Crippen molar-refractivity contribution < 1.29 is 19.2 Å². The lowest BCUT2D eigenvalue weighted by Crippen LogP contribution is -2.18. The number of benzene rings is 2. The third-order valence-electron chi connectivity index (χ3n) is 2.67. The molecule has 22 heavy (non-hydrogen) atoms. The summed E-state index contributed by atoms with van der Waals surface area (Å²) < 4.78 is 10.3. The van der Waals surface area contributed by atoms with Crippen LogP contribution in [0.15, 0.2) is 54.6 Å². The van der Waals surface area contributed by atoms with Crippen molar-refractivity contribution in [2.24, 2.45) is 0 Å². The number of carbonyl (C=O) groups is 1. The second-order valence-corrected chi connectivity index (χ2v) is 4.20. The lowest BCUT2D eigenvalue weighted by Gasteiger charge is -2.08. The lowest BCUT2D eigenvalue weighted by molar-refractivity contribution is -0.383. The Morgan fingerprint density at radius 2 is 1.73 bits per heavy atom. The third-order valence-corrected chi connectivity index (χ3v) is 2.67. The molecular weight excluding hydrogens is 288 g/mol. The zero-order valence-electron chi connectivity index (χ0n) is 11.6. The van der Waals surface area contributed by atoms with Crippen molar-refractivity contribution in [3.8, 4) is 5.75 Å². The Balaban J connectivity index is 1.78. The van der Waals surface area contributed by atoms with Crippen LogP contribution in [0, 0.1) is 10.1 Å². The summed E-state index contributed by atoms with van der Waals surface area (Å²) in [7, 11) is 0. The van der Waals surface area contributed by atoms with E-state index in [-0.39, 0.29) is 24.6 Å². The number of nitro groups is 1.